The molecule has 29 heavy (non-hydrogen) atoms. The standard InChI is InChI=1S/C20H25N5O3S/c21-18(27)16-9-11-29-19(16)24-17(26)13-25-10-5-4-8-15(25)12-22-20(28)23-14-6-2-1-3-7-14/h1-3,6-7,9,11,15H,4-5,8,10,12-13H2,(H2,21,27)(H,24,26)(H2,22,23,28)/t15-/m0/s1. The van der Waals surface area contributed by atoms with Crippen molar-refractivity contribution in [3.8, 4) is 0 Å². The van der Waals surface area contributed by atoms with Crippen LogP contribution in [-0.4, -0.2) is 48.4 Å². The van der Waals surface area contributed by atoms with Gasteiger partial charge in [-0.1, -0.05) is 24.6 Å². The van der Waals surface area contributed by atoms with Crippen LogP contribution in [0.5, 0.6) is 0 Å². The fourth-order valence-corrected chi connectivity index (χ4v) is 4.17. The average molecular weight is 416 g/mol. The summed E-state index contributed by atoms with van der Waals surface area (Å²) in [5.74, 6) is -0.762. The van der Waals surface area contributed by atoms with Crippen LogP contribution in [0.1, 0.15) is 29.6 Å². The van der Waals surface area contributed by atoms with E-state index in [4.69, 9.17) is 5.73 Å². The monoisotopic (exact) mass is 415 g/mol. The van der Waals surface area contributed by atoms with Gasteiger partial charge in [-0.25, -0.2) is 4.79 Å². The van der Waals surface area contributed by atoms with Crippen molar-refractivity contribution < 1.29 is 14.4 Å². The van der Waals surface area contributed by atoms with Crippen LogP contribution in [0.4, 0.5) is 15.5 Å². The zero-order chi connectivity index (χ0) is 20.6. The highest BCUT2D eigenvalue weighted by atomic mass is 32.1. The summed E-state index contributed by atoms with van der Waals surface area (Å²) in [6, 6.07) is 10.6. The second-order valence-electron chi connectivity index (χ2n) is 6.90. The molecule has 0 saturated carbocycles. The lowest BCUT2D eigenvalue weighted by molar-refractivity contribution is -0.118. The number of carbonyl (C=O) groups excluding carboxylic acids is 3. The summed E-state index contributed by atoms with van der Waals surface area (Å²) in [5, 5.41) is 10.6. The molecule has 5 N–H and O–H groups in total. The minimum absolute atomic E-state index is 0.0787. The fourth-order valence-electron chi connectivity index (χ4n) is 3.36. The third kappa shape index (κ3) is 6.03. The number of nitrogens with two attached hydrogens (primary N) is 1. The van der Waals surface area contributed by atoms with Gasteiger partial charge in [0.25, 0.3) is 5.91 Å². The molecule has 9 heteroatoms. The van der Waals surface area contributed by atoms with Crippen molar-refractivity contribution in [2.75, 3.05) is 30.3 Å². The first-order chi connectivity index (χ1) is 14.0. The highest BCUT2D eigenvalue weighted by Crippen LogP contribution is 2.23. The zero-order valence-electron chi connectivity index (χ0n) is 16.0. The van der Waals surface area contributed by atoms with E-state index in [0.717, 1.165) is 31.5 Å². The Labute approximate surface area is 173 Å². The number of nitrogens with one attached hydrogen (secondary N) is 3. The van der Waals surface area contributed by atoms with Crippen molar-refractivity contribution in [2.24, 2.45) is 5.73 Å². The maximum atomic E-state index is 12.5. The molecule has 1 aromatic carbocycles. The molecule has 8 nitrogen and oxygen atoms in total. The van der Waals surface area contributed by atoms with Crippen molar-refractivity contribution in [3.63, 3.8) is 0 Å². The summed E-state index contributed by atoms with van der Waals surface area (Å²) >= 11 is 1.27. The van der Waals surface area contributed by atoms with Crippen molar-refractivity contribution in [2.45, 2.75) is 25.3 Å². The van der Waals surface area contributed by atoms with E-state index < -0.39 is 5.91 Å². The van der Waals surface area contributed by atoms with Gasteiger partial charge in [0.1, 0.15) is 5.00 Å². The molecule has 0 bridgehead atoms. The number of rotatable bonds is 7. The highest BCUT2D eigenvalue weighted by molar-refractivity contribution is 7.14. The van der Waals surface area contributed by atoms with Crippen LogP contribution in [-0.2, 0) is 4.79 Å². The number of hydrogen-bond donors (Lipinski definition) is 4. The molecule has 1 fully saturated rings. The summed E-state index contributed by atoms with van der Waals surface area (Å²) < 4.78 is 0. The Morgan fingerprint density at radius 2 is 1.90 bits per heavy atom. The molecule has 0 aliphatic carbocycles. The first-order valence-electron chi connectivity index (χ1n) is 9.54. The van der Waals surface area contributed by atoms with Crippen molar-refractivity contribution in [1.29, 1.82) is 0 Å². The van der Waals surface area contributed by atoms with Gasteiger partial charge >= 0.3 is 6.03 Å². The molecule has 1 aliphatic rings. The highest BCUT2D eigenvalue weighted by Gasteiger charge is 2.25. The second-order valence-corrected chi connectivity index (χ2v) is 7.81. The number of likely N-dealkylation sites (tertiary alicyclic amines) is 1. The van der Waals surface area contributed by atoms with Gasteiger partial charge in [-0.15, -0.1) is 11.3 Å². The van der Waals surface area contributed by atoms with Gasteiger partial charge in [0.05, 0.1) is 12.1 Å². The minimum Gasteiger partial charge on any atom is -0.366 e. The SMILES string of the molecule is NC(=O)c1ccsc1NC(=O)CN1CCCC[C@H]1CNC(=O)Nc1ccccc1. The quantitative estimate of drug-likeness (QED) is 0.556. The number of amides is 4. The summed E-state index contributed by atoms with van der Waals surface area (Å²) in [7, 11) is 0. The number of hydrogen-bond acceptors (Lipinski definition) is 5. The van der Waals surface area contributed by atoms with Crippen LogP contribution in [0, 0.1) is 0 Å². The summed E-state index contributed by atoms with van der Waals surface area (Å²) in [5.41, 5.74) is 6.37. The molecule has 0 spiro atoms. The number of carbonyl (C=O) groups is 3. The molecular formula is C20H25N5O3S. The van der Waals surface area contributed by atoms with E-state index >= 15 is 0 Å². The maximum absolute atomic E-state index is 12.5. The molecule has 154 valence electrons. The predicted molar refractivity (Wildman–Crippen MR) is 114 cm³/mol. The first kappa shape index (κ1) is 20.8. The predicted octanol–water partition coefficient (Wildman–Crippen LogP) is 2.46. The van der Waals surface area contributed by atoms with Gasteiger partial charge in [-0.3, -0.25) is 14.5 Å². The molecule has 1 saturated heterocycles. The third-order valence-electron chi connectivity index (χ3n) is 4.81. The Balaban J connectivity index is 1.51. The lowest BCUT2D eigenvalue weighted by Gasteiger charge is -2.35. The molecule has 0 unspecified atom stereocenters. The number of nitrogens with zero attached hydrogens (tertiary/aromatic N) is 1. The molecular weight excluding hydrogens is 390 g/mol. The van der Waals surface area contributed by atoms with Gasteiger partial charge < -0.3 is 21.7 Å². The summed E-state index contributed by atoms with van der Waals surface area (Å²) in [6.45, 7) is 1.44. The summed E-state index contributed by atoms with van der Waals surface area (Å²) in [4.78, 5) is 38.1. The topological polar surface area (TPSA) is 117 Å². The molecule has 1 aromatic heterocycles. The van der Waals surface area contributed by atoms with E-state index in [2.05, 4.69) is 20.9 Å². The molecule has 2 aromatic rings. The van der Waals surface area contributed by atoms with Crippen LogP contribution in [0.15, 0.2) is 41.8 Å². The molecule has 1 aliphatic heterocycles. The van der Waals surface area contributed by atoms with E-state index in [1.165, 1.54) is 11.3 Å². The zero-order valence-corrected chi connectivity index (χ0v) is 16.8. The van der Waals surface area contributed by atoms with Crippen molar-refractivity contribution >= 4 is 39.9 Å². The van der Waals surface area contributed by atoms with Crippen LogP contribution < -0.4 is 21.7 Å². The Kier molecular flexibility index (Phi) is 7.20. The van der Waals surface area contributed by atoms with Crippen molar-refractivity contribution in [1.82, 2.24) is 10.2 Å². The van der Waals surface area contributed by atoms with E-state index in [-0.39, 0.29) is 24.5 Å². The second kappa shape index (κ2) is 10.0. The maximum Gasteiger partial charge on any atom is 0.319 e. The minimum atomic E-state index is -0.564. The molecule has 1 atom stereocenters. The van der Waals surface area contributed by atoms with Gasteiger partial charge in [0.2, 0.25) is 5.91 Å². The number of urea groups is 1. The van der Waals surface area contributed by atoms with Gasteiger partial charge in [0, 0.05) is 18.3 Å². The fraction of sp³-hybridized carbons (Fsp3) is 0.350. The van der Waals surface area contributed by atoms with E-state index in [9.17, 15) is 14.4 Å². The Bertz CT molecular complexity index is 855. The lowest BCUT2D eigenvalue weighted by atomic mass is 10.0. The normalized spacial score (nSPS) is 16.8. The van der Waals surface area contributed by atoms with Crippen LogP contribution in [0.2, 0.25) is 0 Å². The smallest absolute Gasteiger partial charge is 0.319 e. The molecule has 0 radical (unpaired) electrons. The largest absolute Gasteiger partial charge is 0.366 e. The molecule has 4 amide bonds. The lowest BCUT2D eigenvalue weighted by Crippen LogP contribution is -2.49. The Morgan fingerprint density at radius 3 is 2.66 bits per heavy atom. The number of piperidine rings is 1. The number of benzene rings is 1. The van der Waals surface area contributed by atoms with Crippen LogP contribution >= 0.6 is 11.3 Å². The Morgan fingerprint density at radius 1 is 1.10 bits per heavy atom. The number of thiophene rings is 1. The first-order valence-corrected chi connectivity index (χ1v) is 10.4. The number of anilines is 2. The van der Waals surface area contributed by atoms with Gasteiger partial charge in [-0.05, 0) is 43.0 Å². The van der Waals surface area contributed by atoms with Crippen LogP contribution in [0.3, 0.4) is 0 Å². The van der Waals surface area contributed by atoms with E-state index in [0.29, 0.717) is 17.1 Å². The Hall–Kier alpha value is -2.91. The van der Waals surface area contributed by atoms with E-state index in [1.807, 2.05) is 30.3 Å². The van der Waals surface area contributed by atoms with Gasteiger partial charge in [-0.2, -0.15) is 0 Å². The third-order valence-corrected chi connectivity index (χ3v) is 5.64. The average Bonchev–Trinajstić information content (AvgIpc) is 3.16. The number of primary amides is 1. The summed E-state index contributed by atoms with van der Waals surface area (Å²) in [6.07, 6.45) is 2.97. The van der Waals surface area contributed by atoms with E-state index in [1.54, 1.807) is 11.4 Å². The van der Waals surface area contributed by atoms with Crippen LogP contribution in [0.25, 0.3) is 0 Å². The molecule has 3 rings (SSSR count). The van der Waals surface area contributed by atoms with Gasteiger partial charge in [0.15, 0.2) is 0 Å². The number of para-hydroxylation sites is 1. The molecule has 2 heterocycles. The van der Waals surface area contributed by atoms with Crippen molar-refractivity contribution in [3.05, 3.63) is 47.3 Å².